The van der Waals surface area contributed by atoms with Crippen molar-refractivity contribution in [1.82, 2.24) is 0 Å². The molecule has 0 aliphatic carbocycles. The maximum atomic E-state index is 12.0. The van der Waals surface area contributed by atoms with Gasteiger partial charge in [0.1, 0.15) is 17.2 Å². The summed E-state index contributed by atoms with van der Waals surface area (Å²) in [5.74, 6) is 1.49. The van der Waals surface area contributed by atoms with Crippen molar-refractivity contribution in [2.75, 3.05) is 26.1 Å². The van der Waals surface area contributed by atoms with Crippen molar-refractivity contribution < 1.29 is 19.0 Å². The Morgan fingerprint density at radius 2 is 1.52 bits per heavy atom. The van der Waals surface area contributed by atoms with E-state index in [4.69, 9.17) is 14.2 Å². The molecule has 0 heterocycles. The monoisotopic (exact) mass is 315 g/mol. The van der Waals surface area contributed by atoms with Crippen LogP contribution in [0.15, 0.2) is 36.4 Å². The first-order valence-corrected chi connectivity index (χ1v) is 7.25. The fourth-order valence-electron chi connectivity index (χ4n) is 2.03. The third-order valence-corrected chi connectivity index (χ3v) is 3.49. The van der Waals surface area contributed by atoms with Gasteiger partial charge in [0, 0.05) is 23.9 Å². The van der Waals surface area contributed by atoms with Gasteiger partial charge in [-0.1, -0.05) is 6.07 Å². The summed E-state index contributed by atoms with van der Waals surface area (Å²) in [6.45, 7) is 3.94. The van der Waals surface area contributed by atoms with E-state index in [9.17, 15) is 4.79 Å². The first kappa shape index (κ1) is 16.7. The molecule has 0 fully saturated rings. The lowest BCUT2D eigenvalue weighted by Gasteiger charge is -2.11. The van der Waals surface area contributed by atoms with E-state index in [1.54, 1.807) is 32.4 Å². The van der Waals surface area contributed by atoms with Crippen LogP contribution in [0.3, 0.4) is 0 Å². The molecule has 0 unspecified atom stereocenters. The molecule has 5 heteroatoms. The maximum Gasteiger partial charge on any atom is 0.262 e. The first-order chi connectivity index (χ1) is 11.0. The van der Waals surface area contributed by atoms with Crippen LogP contribution >= 0.6 is 0 Å². The molecule has 0 bridgehead atoms. The molecule has 0 radical (unpaired) electrons. The summed E-state index contributed by atoms with van der Waals surface area (Å²) >= 11 is 0. The number of ether oxygens (including phenoxy) is 3. The summed E-state index contributed by atoms with van der Waals surface area (Å²) in [4.78, 5) is 12.0. The van der Waals surface area contributed by atoms with Crippen LogP contribution in [-0.4, -0.2) is 26.7 Å². The van der Waals surface area contributed by atoms with Gasteiger partial charge in [-0.15, -0.1) is 0 Å². The fraction of sp³-hybridized carbons (Fsp3) is 0.278. The number of benzene rings is 2. The molecule has 1 N–H and O–H groups in total. The summed E-state index contributed by atoms with van der Waals surface area (Å²) in [5.41, 5.74) is 3.06. The number of anilines is 1. The van der Waals surface area contributed by atoms with Gasteiger partial charge in [-0.3, -0.25) is 4.79 Å². The van der Waals surface area contributed by atoms with Gasteiger partial charge in [-0.25, -0.2) is 0 Å². The lowest BCUT2D eigenvalue weighted by Crippen LogP contribution is -2.20. The second kappa shape index (κ2) is 7.54. The molecule has 0 spiro atoms. The van der Waals surface area contributed by atoms with Gasteiger partial charge in [0.2, 0.25) is 0 Å². The van der Waals surface area contributed by atoms with Gasteiger partial charge in [-0.2, -0.15) is 0 Å². The van der Waals surface area contributed by atoms with Crippen molar-refractivity contribution >= 4 is 11.6 Å². The quantitative estimate of drug-likeness (QED) is 0.888. The minimum Gasteiger partial charge on any atom is -0.496 e. The van der Waals surface area contributed by atoms with Gasteiger partial charge in [0.05, 0.1) is 14.2 Å². The van der Waals surface area contributed by atoms with Crippen molar-refractivity contribution in [2.45, 2.75) is 13.8 Å². The van der Waals surface area contributed by atoms with Crippen LogP contribution in [0.5, 0.6) is 17.2 Å². The highest BCUT2D eigenvalue weighted by atomic mass is 16.5. The van der Waals surface area contributed by atoms with Crippen molar-refractivity contribution in [2.24, 2.45) is 0 Å². The minimum atomic E-state index is -0.227. The van der Waals surface area contributed by atoms with E-state index in [1.807, 2.05) is 32.0 Å². The standard InChI is InChI=1S/C18H21NO4/c1-12-5-6-14(7-13(12)2)19-18(20)11-23-17-9-15(21-3)8-16(10-17)22-4/h5-10H,11H2,1-4H3,(H,19,20). The lowest BCUT2D eigenvalue weighted by molar-refractivity contribution is -0.118. The Labute approximate surface area is 136 Å². The van der Waals surface area contributed by atoms with Gasteiger partial charge in [0.25, 0.3) is 5.91 Å². The van der Waals surface area contributed by atoms with Crippen molar-refractivity contribution in [3.8, 4) is 17.2 Å². The average molecular weight is 315 g/mol. The normalized spacial score (nSPS) is 10.1. The molecule has 122 valence electrons. The van der Waals surface area contributed by atoms with Crippen LogP contribution in [0.4, 0.5) is 5.69 Å². The molecular weight excluding hydrogens is 294 g/mol. The smallest absolute Gasteiger partial charge is 0.262 e. The Hall–Kier alpha value is -2.69. The number of methoxy groups -OCH3 is 2. The average Bonchev–Trinajstić information content (AvgIpc) is 2.56. The largest absolute Gasteiger partial charge is 0.496 e. The van der Waals surface area contributed by atoms with Gasteiger partial charge in [-0.05, 0) is 37.1 Å². The Kier molecular flexibility index (Phi) is 5.46. The van der Waals surface area contributed by atoms with Crippen LogP contribution in [0.2, 0.25) is 0 Å². The first-order valence-electron chi connectivity index (χ1n) is 7.25. The van der Waals surface area contributed by atoms with Crippen molar-refractivity contribution in [3.63, 3.8) is 0 Å². The number of carbonyl (C=O) groups is 1. The highest BCUT2D eigenvalue weighted by molar-refractivity contribution is 5.92. The van der Waals surface area contributed by atoms with Crippen molar-refractivity contribution in [1.29, 1.82) is 0 Å². The van der Waals surface area contributed by atoms with Gasteiger partial charge >= 0.3 is 0 Å². The topological polar surface area (TPSA) is 56.8 Å². The van der Waals surface area contributed by atoms with Crippen molar-refractivity contribution in [3.05, 3.63) is 47.5 Å². The molecule has 2 aromatic carbocycles. The Balaban J connectivity index is 1.97. The minimum absolute atomic E-state index is 0.0940. The Morgan fingerprint density at radius 3 is 2.09 bits per heavy atom. The predicted molar refractivity (Wildman–Crippen MR) is 89.6 cm³/mol. The molecule has 23 heavy (non-hydrogen) atoms. The highest BCUT2D eigenvalue weighted by Crippen LogP contribution is 2.27. The van der Waals surface area contributed by atoms with Gasteiger partial charge in [0.15, 0.2) is 6.61 Å². The molecule has 2 rings (SSSR count). The maximum absolute atomic E-state index is 12.0. The second-order valence-electron chi connectivity index (χ2n) is 5.18. The SMILES string of the molecule is COc1cc(OC)cc(OCC(=O)Nc2ccc(C)c(C)c2)c1. The molecule has 2 aromatic rings. The number of amides is 1. The Morgan fingerprint density at radius 1 is 0.913 bits per heavy atom. The summed E-state index contributed by atoms with van der Waals surface area (Å²) < 4.78 is 15.8. The van der Waals surface area contributed by atoms with Crippen LogP contribution in [0, 0.1) is 13.8 Å². The number of rotatable bonds is 6. The summed E-state index contributed by atoms with van der Waals surface area (Å²) in [6, 6.07) is 10.9. The van der Waals surface area contributed by atoms with E-state index in [1.165, 1.54) is 5.56 Å². The molecule has 0 saturated heterocycles. The highest BCUT2D eigenvalue weighted by Gasteiger charge is 2.07. The summed E-state index contributed by atoms with van der Waals surface area (Å²) in [6.07, 6.45) is 0. The van der Waals surface area contributed by atoms with Crippen LogP contribution < -0.4 is 19.5 Å². The zero-order valence-electron chi connectivity index (χ0n) is 13.8. The molecule has 1 amide bonds. The third-order valence-electron chi connectivity index (χ3n) is 3.49. The molecule has 0 aliphatic rings. The van der Waals surface area contributed by atoms with E-state index in [2.05, 4.69) is 5.32 Å². The number of nitrogens with one attached hydrogen (secondary N) is 1. The van der Waals surface area contributed by atoms with E-state index >= 15 is 0 Å². The number of aryl methyl sites for hydroxylation is 2. The molecule has 5 nitrogen and oxygen atoms in total. The number of hydrogen-bond acceptors (Lipinski definition) is 4. The zero-order valence-corrected chi connectivity index (χ0v) is 13.8. The van der Waals surface area contributed by atoms with E-state index in [-0.39, 0.29) is 12.5 Å². The summed E-state index contributed by atoms with van der Waals surface area (Å²) in [5, 5.41) is 2.81. The lowest BCUT2D eigenvalue weighted by atomic mass is 10.1. The molecule has 0 aliphatic heterocycles. The summed E-state index contributed by atoms with van der Waals surface area (Å²) in [7, 11) is 3.12. The molecule has 0 atom stereocenters. The number of carbonyl (C=O) groups excluding carboxylic acids is 1. The molecular formula is C18H21NO4. The van der Waals surface area contributed by atoms with Crippen LogP contribution in [0.1, 0.15) is 11.1 Å². The van der Waals surface area contributed by atoms with E-state index in [0.717, 1.165) is 11.3 Å². The molecule has 0 aromatic heterocycles. The van der Waals surface area contributed by atoms with Crippen LogP contribution in [0.25, 0.3) is 0 Å². The molecule has 0 saturated carbocycles. The van der Waals surface area contributed by atoms with Gasteiger partial charge < -0.3 is 19.5 Å². The van der Waals surface area contributed by atoms with E-state index < -0.39 is 0 Å². The fourth-order valence-corrected chi connectivity index (χ4v) is 2.03. The van der Waals surface area contributed by atoms with E-state index in [0.29, 0.717) is 17.2 Å². The van der Waals surface area contributed by atoms with Crippen LogP contribution in [-0.2, 0) is 4.79 Å². The second-order valence-corrected chi connectivity index (χ2v) is 5.18. The zero-order chi connectivity index (χ0) is 16.8. The Bertz CT molecular complexity index is 675. The number of hydrogen-bond donors (Lipinski definition) is 1. The third kappa shape index (κ3) is 4.64. The predicted octanol–water partition coefficient (Wildman–Crippen LogP) is 3.34.